The Morgan fingerprint density at radius 2 is 1.92 bits per heavy atom. The van der Waals surface area contributed by atoms with E-state index in [0.717, 1.165) is 12.1 Å². The molecule has 1 aliphatic carbocycles. The van der Waals surface area contributed by atoms with Gasteiger partial charge in [0.2, 0.25) is 5.91 Å². The summed E-state index contributed by atoms with van der Waals surface area (Å²) in [6, 6.07) is 4.69. The van der Waals surface area contributed by atoms with Crippen LogP contribution in [0.1, 0.15) is 38.3 Å². The predicted molar refractivity (Wildman–Crippen MR) is 84.0 cm³/mol. The minimum Gasteiger partial charge on any atom is -0.378 e. The van der Waals surface area contributed by atoms with Gasteiger partial charge in [-0.2, -0.15) is 13.2 Å². The molecule has 2 rings (SSSR count). The van der Waals surface area contributed by atoms with Gasteiger partial charge in [-0.1, -0.05) is 26.0 Å². The van der Waals surface area contributed by atoms with E-state index in [0.29, 0.717) is 18.6 Å². The summed E-state index contributed by atoms with van der Waals surface area (Å²) in [5, 5.41) is 2.72. The number of ether oxygens (including phenoxy) is 1. The lowest BCUT2D eigenvalue weighted by atomic mass is 9.54. The van der Waals surface area contributed by atoms with E-state index in [-0.39, 0.29) is 18.6 Å². The number of rotatable bonds is 5. The van der Waals surface area contributed by atoms with E-state index in [1.165, 1.54) is 12.1 Å². The minimum absolute atomic E-state index is 0.0793. The zero-order valence-electron chi connectivity index (χ0n) is 14.0. The average molecular weight is 344 g/mol. The van der Waals surface area contributed by atoms with E-state index < -0.39 is 22.7 Å². The first-order chi connectivity index (χ1) is 11.0. The van der Waals surface area contributed by atoms with Gasteiger partial charge in [-0.3, -0.25) is 4.79 Å². The average Bonchev–Trinajstić information content (AvgIpc) is 2.51. The molecule has 0 spiro atoms. The Bertz CT molecular complexity index is 599. The first kappa shape index (κ1) is 18.7. The first-order valence-electron chi connectivity index (χ1n) is 7.87. The molecule has 7 heteroatoms. The van der Waals surface area contributed by atoms with Crippen molar-refractivity contribution in [1.29, 1.82) is 0 Å². The van der Waals surface area contributed by atoms with Gasteiger partial charge in [-0.25, -0.2) is 0 Å². The number of benzene rings is 1. The van der Waals surface area contributed by atoms with E-state index in [1.54, 1.807) is 0 Å². The van der Waals surface area contributed by atoms with Crippen LogP contribution >= 0.6 is 0 Å². The summed E-state index contributed by atoms with van der Waals surface area (Å²) in [7, 11) is 0. The van der Waals surface area contributed by atoms with Crippen LogP contribution < -0.4 is 11.1 Å². The van der Waals surface area contributed by atoms with Crippen molar-refractivity contribution in [1.82, 2.24) is 5.32 Å². The Kier molecular flexibility index (Phi) is 4.97. The number of hydrogen-bond donors (Lipinski definition) is 2. The molecule has 1 aromatic carbocycles. The highest BCUT2D eigenvalue weighted by atomic mass is 19.4. The summed E-state index contributed by atoms with van der Waals surface area (Å²) in [6.07, 6.45) is -4.02. The van der Waals surface area contributed by atoms with Crippen LogP contribution in [0, 0.1) is 5.41 Å². The third-order valence-electron chi connectivity index (χ3n) is 4.97. The number of carbonyl (C=O) groups is 1. The lowest BCUT2D eigenvalue weighted by Gasteiger charge is -2.57. The smallest absolute Gasteiger partial charge is 0.378 e. The van der Waals surface area contributed by atoms with Crippen molar-refractivity contribution in [3.05, 3.63) is 35.4 Å². The maximum absolute atomic E-state index is 12.5. The van der Waals surface area contributed by atoms with Crippen LogP contribution in [0.4, 0.5) is 13.2 Å². The molecule has 0 bridgehead atoms. The molecule has 1 amide bonds. The minimum atomic E-state index is -4.37. The number of carbonyl (C=O) groups excluding carboxylic acids is 1. The van der Waals surface area contributed by atoms with Crippen LogP contribution in [0.3, 0.4) is 0 Å². The molecule has 4 nitrogen and oxygen atoms in total. The lowest BCUT2D eigenvalue weighted by Crippen LogP contribution is -2.75. The van der Waals surface area contributed by atoms with Gasteiger partial charge in [-0.05, 0) is 24.6 Å². The molecule has 3 N–H and O–H groups in total. The molecular weight excluding hydrogens is 321 g/mol. The molecule has 134 valence electrons. The molecule has 1 saturated carbocycles. The van der Waals surface area contributed by atoms with E-state index in [1.807, 2.05) is 20.8 Å². The van der Waals surface area contributed by atoms with Crippen LogP contribution in [0.5, 0.6) is 0 Å². The summed E-state index contributed by atoms with van der Waals surface area (Å²) < 4.78 is 43.2. The predicted octanol–water partition coefficient (Wildman–Crippen LogP) is 2.85. The Balaban J connectivity index is 1.96. The molecule has 0 radical (unpaired) electrons. The maximum atomic E-state index is 12.5. The molecule has 0 aromatic heterocycles. The fourth-order valence-electron chi connectivity index (χ4n) is 2.97. The monoisotopic (exact) mass is 344 g/mol. The summed E-state index contributed by atoms with van der Waals surface area (Å²) in [5.74, 6) is -0.316. The van der Waals surface area contributed by atoms with Crippen LogP contribution in [-0.2, 0) is 22.3 Å². The third-order valence-corrected chi connectivity index (χ3v) is 4.97. The number of hydrogen-bond acceptors (Lipinski definition) is 3. The van der Waals surface area contributed by atoms with Crippen LogP contribution in [-0.4, -0.2) is 24.2 Å². The maximum Gasteiger partial charge on any atom is 0.416 e. The second-order valence-electron chi connectivity index (χ2n) is 6.72. The van der Waals surface area contributed by atoms with Gasteiger partial charge in [0.15, 0.2) is 0 Å². The molecule has 0 saturated heterocycles. The largest absolute Gasteiger partial charge is 0.416 e. The fraction of sp³-hybridized carbons (Fsp3) is 0.588. The highest BCUT2D eigenvalue weighted by Gasteiger charge is 2.62. The summed E-state index contributed by atoms with van der Waals surface area (Å²) in [5.41, 5.74) is 4.57. The molecule has 1 aliphatic rings. The molecule has 0 aliphatic heterocycles. The molecule has 2 unspecified atom stereocenters. The van der Waals surface area contributed by atoms with Crippen molar-refractivity contribution < 1.29 is 22.7 Å². The van der Waals surface area contributed by atoms with Gasteiger partial charge in [0, 0.05) is 25.0 Å². The van der Waals surface area contributed by atoms with Gasteiger partial charge < -0.3 is 15.8 Å². The standard InChI is InChI=1S/C17H23F3N2O2/c1-4-24-13-9-16(21,15(13,2)3)14(23)22-10-11-5-7-12(8-6-11)17(18,19)20/h5-8,13H,4,9-10,21H2,1-3H3,(H,22,23). The normalized spacial score (nSPS) is 25.9. The van der Waals surface area contributed by atoms with E-state index in [4.69, 9.17) is 10.5 Å². The zero-order chi connectivity index (χ0) is 18.2. The summed E-state index contributed by atoms with van der Waals surface area (Å²) in [4.78, 5) is 12.4. The number of nitrogens with two attached hydrogens (primary N) is 1. The summed E-state index contributed by atoms with van der Waals surface area (Å²) >= 11 is 0. The number of nitrogens with one attached hydrogen (secondary N) is 1. The number of amides is 1. The van der Waals surface area contributed by atoms with Crippen molar-refractivity contribution in [3.63, 3.8) is 0 Å². The van der Waals surface area contributed by atoms with Crippen LogP contribution in [0.2, 0.25) is 0 Å². The molecule has 24 heavy (non-hydrogen) atoms. The van der Waals surface area contributed by atoms with E-state index >= 15 is 0 Å². The molecule has 2 atom stereocenters. The van der Waals surface area contributed by atoms with E-state index in [2.05, 4.69) is 5.32 Å². The van der Waals surface area contributed by atoms with Crippen molar-refractivity contribution in [3.8, 4) is 0 Å². The van der Waals surface area contributed by atoms with Gasteiger partial charge in [0.25, 0.3) is 0 Å². The zero-order valence-corrected chi connectivity index (χ0v) is 14.0. The Hall–Kier alpha value is -1.60. The van der Waals surface area contributed by atoms with Gasteiger partial charge >= 0.3 is 6.18 Å². The SMILES string of the molecule is CCOC1CC(N)(C(=O)NCc2ccc(C(F)(F)F)cc2)C1(C)C. The highest BCUT2D eigenvalue weighted by molar-refractivity contribution is 5.88. The lowest BCUT2D eigenvalue weighted by molar-refractivity contribution is -0.170. The van der Waals surface area contributed by atoms with Crippen LogP contribution in [0.15, 0.2) is 24.3 Å². The fourth-order valence-corrected chi connectivity index (χ4v) is 2.97. The Morgan fingerprint density at radius 1 is 1.33 bits per heavy atom. The van der Waals surface area contributed by atoms with Gasteiger partial charge in [-0.15, -0.1) is 0 Å². The van der Waals surface area contributed by atoms with Crippen molar-refractivity contribution in [2.75, 3.05) is 6.61 Å². The topological polar surface area (TPSA) is 64.3 Å². The molecular formula is C17H23F3N2O2. The Labute approximate surface area is 139 Å². The van der Waals surface area contributed by atoms with Gasteiger partial charge in [0.05, 0.1) is 11.7 Å². The molecule has 1 aromatic rings. The van der Waals surface area contributed by atoms with Crippen molar-refractivity contribution >= 4 is 5.91 Å². The molecule has 0 heterocycles. The number of alkyl halides is 3. The van der Waals surface area contributed by atoms with Crippen molar-refractivity contribution in [2.45, 2.75) is 51.6 Å². The van der Waals surface area contributed by atoms with E-state index in [9.17, 15) is 18.0 Å². The first-order valence-corrected chi connectivity index (χ1v) is 7.87. The third kappa shape index (κ3) is 3.28. The number of halogens is 3. The summed E-state index contributed by atoms with van der Waals surface area (Å²) in [6.45, 7) is 6.34. The highest BCUT2D eigenvalue weighted by Crippen LogP contribution is 2.49. The van der Waals surface area contributed by atoms with Crippen molar-refractivity contribution in [2.24, 2.45) is 11.1 Å². The quantitative estimate of drug-likeness (QED) is 0.863. The van der Waals surface area contributed by atoms with Gasteiger partial charge in [0.1, 0.15) is 5.54 Å². The second kappa shape index (κ2) is 6.37. The second-order valence-corrected chi connectivity index (χ2v) is 6.72. The van der Waals surface area contributed by atoms with Crippen LogP contribution in [0.25, 0.3) is 0 Å². The Morgan fingerprint density at radius 3 is 2.38 bits per heavy atom. The molecule has 1 fully saturated rings.